The summed E-state index contributed by atoms with van der Waals surface area (Å²) in [7, 11) is -1.71. The van der Waals surface area contributed by atoms with Crippen LogP contribution in [0.15, 0.2) is 52.7 Å². The lowest BCUT2D eigenvalue weighted by atomic mass is 10.2. The van der Waals surface area contributed by atoms with Gasteiger partial charge in [0.15, 0.2) is 0 Å². The van der Waals surface area contributed by atoms with Crippen LogP contribution in [0.3, 0.4) is 0 Å². The number of aromatic nitrogens is 1. The summed E-state index contributed by atoms with van der Waals surface area (Å²) in [6.07, 6.45) is 0. The van der Waals surface area contributed by atoms with E-state index in [2.05, 4.69) is 28.0 Å². The summed E-state index contributed by atoms with van der Waals surface area (Å²) in [5.41, 5.74) is 2.54. The van der Waals surface area contributed by atoms with Gasteiger partial charge in [0.2, 0.25) is 0 Å². The van der Waals surface area contributed by atoms with Crippen molar-refractivity contribution < 1.29 is 13.2 Å². The second-order valence-corrected chi connectivity index (χ2v) is 10.3. The van der Waals surface area contributed by atoms with Crippen LogP contribution in [0, 0.1) is 6.92 Å². The third-order valence-electron chi connectivity index (χ3n) is 5.97. The molecule has 8 heteroatoms. The van der Waals surface area contributed by atoms with Gasteiger partial charge in [0.1, 0.15) is 17.3 Å². The van der Waals surface area contributed by atoms with Gasteiger partial charge >= 0.3 is 0 Å². The highest BCUT2D eigenvalue weighted by atomic mass is 32.2. The SMILES string of the molecule is CCN(CC)CCOc1c(C)n(C)c2ccc(NS(=O)(=O)c3csc4ccccc34)cc12. The summed E-state index contributed by atoms with van der Waals surface area (Å²) in [5.74, 6) is 0.802. The van der Waals surface area contributed by atoms with Gasteiger partial charge in [-0.1, -0.05) is 32.0 Å². The van der Waals surface area contributed by atoms with Crippen LogP contribution in [0.25, 0.3) is 21.0 Å². The van der Waals surface area contributed by atoms with Crippen molar-refractivity contribution in [1.29, 1.82) is 0 Å². The summed E-state index contributed by atoms with van der Waals surface area (Å²) in [6.45, 7) is 9.70. The summed E-state index contributed by atoms with van der Waals surface area (Å²) in [6, 6.07) is 13.1. The fourth-order valence-corrected chi connectivity index (χ4v) is 6.53. The zero-order chi connectivity index (χ0) is 22.9. The van der Waals surface area contributed by atoms with Crippen molar-refractivity contribution >= 4 is 48.0 Å². The highest BCUT2D eigenvalue weighted by Crippen LogP contribution is 2.35. The van der Waals surface area contributed by atoms with Crippen molar-refractivity contribution in [3.8, 4) is 5.75 Å². The first-order chi connectivity index (χ1) is 15.4. The molecule has 0 saturated heterocycles. The van der Waals surface area contributed by atoms with Crippen LogP contribution < -0.4 is 9.46 Å². The van der Waals surface area contributed by atoms with E-state index in [1.54, 1.807) is 11.4 Å². The lowest BCUT2D eigenvalue weighted by Crippen LogP contribution is -2.27. The molecule has 0 amide bonds. The number of thiophene rings is 1. The van der Waals surface area contributed by atoms with Gasteiger partial charge in [-0.05, 0) is 44.3 Å². The van der Waals surface area contributed by atoms with E-state index in [1.807, 2.05) is 50.4 Å². The molecule has 0 radical (unpaired) electrons. The smallest absolute Gasteiger partial charge is 0.263 e. The number of benzene rings is 2. The molecule has 0 bridgehead atoms. The van der Waals surface area contributed by atoms with Crippen molar-refractivity contribution in [2.45, 2.75) is 25.7 Å². The van der Waals surface area contributed by atoms with Gasteiger partial charge in [0.25, 0.3) is 10.0 Å². The molecule has 0 saturated carbocycles. The first kappa shape index (κ1) is 22.6. The van der Waals surface area contributed by atoms with Crippen molar-refractivity contribution in [1.82, 2.24) is 9.47 Å². The van der Waals surface area contributed by atoms with Crippen molar-refractivity contribution in [2.75, 3.05) is 31.0 Å². The lowest BCUT2D eigenvalue weighted by Gasteiger charge is -2.18. The molecule has 1 N–H and O–H groups in total. The van der Waals surface area contributed by atoms with E-state index in [9.17, 15) is 8.42 Å². The number of rotatable bonds is 9. The highest BCUT2D eigenvalue weighted by molar-refractivity contribution is 7.93. The Morgan fingerprint density at radius 3 is 2.59 bits per heavy atom. The Balaban J connectivity index is 1.64. The van der Waals surface area contributed by atoms with Crippen LogP contribution in [0.4, 0.5) is 5.69 Å². The Labute approximate surface area is 193 Å². The molecule has 4 aromatic rings. The zero-order valence-electron chi connectivity index (χ0n) is 18.9. The molecule has 2 heterocycles. The maximum atomic E-state index is 13.1. The molecule has 0 unspecified atom stereocenters. The van der Waals surface area contributed by atoms with Gasteiger partial charge in [0, 0.05) is 40.1 Å². The third kappa shape index (κ3) is 4.22. The minimum atomic E-state index is -3.71. The monoisotopic (exact) mass is 471 g/mol. The van der Waals surface area contributed by atoms with E-state index in [0.717, 1.165) is 52.1 Å². The normalized spacial score (nSPS) is 12.2. The van der Waals surface area contributed by atoms with Crippen LogP contribution >= 0.6 is 11.3 Å². The van der Waals surface area contributed by atoms with Gasteiger partial charge in [-0.25, -0.2) is 8.42 Å². The van der Waals surface area contributed by atoms with Gasteiger partial charge in [0.05, 0.1) is 11.2 Å². The molecule has 32 heavy (non-hydrogen) atoms. The molecule has 2 aromatic heterocycles. The second kappa shape index (κ2) is 9.13. The number of fused-ring (bicyclic) bond motifs is 2. The number of nitrogens with zero attached hydrogens (tertiary/aromatic N) is 2. The molecule has 0 atom stereocenters. The summed E-state index contributed by atoms with van der Waals surface area (Å²) >= 11 is 1.43. The van der Waals surface area contributed by atoms with Crippen molar-refractivity contribution in [3.63, 3.8) is 0 Å². The van der Waals surface area contributed by atoms with E-state index < -0.39 is 10.0 Å². The second-order valence-electron chi connectivity index (χ2n) is 7.78. The molecule has 4 rings (SSSR count). The zero-order valence-corrected chi connectivity index (χ0v) is 20.5. The predicted molar refractivity (Wildman–Crippen MR) is 134 cm³/mol. The number of aryl methyl sites for hydroxylation is 1. The lowest BCUT2D eigenvalue weighted by molar-refractivity contribution is 0.223. The summed E-state index contributed by atoms with van der Waals surface area (Å²) in [4.78, 5) is 2.61. The molecule has 0 fully saturated rings. The molecule has 0 aliphatic carbocycles. The number of anilines is 1. The first-order valence-electron chi connectivity index (χ1n) is 10.8. The standard InChI is InChI=1S/C24H29N3O3S2/c1-5-27(6-2)13-14-30-24-17(3)26(4)21-12-11-18(15-20(21)24)25-32(28,29)23-16-31-22-10-8-7-9-19(22)23/h7-12,15-16,25H,5-6,13-14H2,1-4H3. The Morgan fingerprint density at radius 2 is 1.84 bits per heavy atom. The molecule has 0 aliphatic rings. The average molecular weight is 472 g/mol. The molecule has 0 aliphatic heterocycles. The molecule has 6 nitrogen and oxygen atoms in total. The largest absolute Gasteiger partial charge is 0.490 e. The van der Waals surface area contributed by atoms with Gasteiger partial charge in [-0.3, -0.25) is 4.72 Å². The van der Waals surface area contributed by atoms with Gasteiger partial charge in [-0.15, -0.1) is 11.3 Å². The number of hydrogen-bond acceptors (Lipinski definition) is 5. The topological polar surface area (TPSA) is 63.6 Å². The van der Waals surface area contributed by atoms with E-state index in [4.69, 9.17) is 4.74 Å². The highest BCUT2D eigenvalue weighted by Gasteiger charge is 2.20. The Kier molecular flexibility index (Phi) is 6.46. The molecule has 2 aromatic carbocycles. The number of likely N-dealkylation sites (N-methyl/N-ethyl adjacent to an activating group) is 1. The third-order valence-corrected chi connectivity index (χ3v) is 8.50. The Morgan fingerprint density at radius 1 is 1.09 bits per heavy atom. The number of hydrogen-bond donors (Lipinski definition) is 1. The van der Waals surface area contributed by atoms with Crippen LogP contribution in [0.2, 0.25) is 0 Å². The fraction of sp³-hybridized carbons (Fsp3) is 0.333. The van der Waals surface area contributed by atoms with E-state index in [0.29, 0.717) is 17.2 Å². The van der Waals surface area contributed by atoms with Crippen LogP contribution in [0.1, 0.15) is 19.5 Å². The van der Waals surface area contributed by atoms with Gasteiger partial charge < -0.3 is 14.2 Å². The van der Waals surface area contributed by atoms with Crippen LogP contribution in [-0.2, 0) is 17.1 Å². The van der Waals surface area contributed by atoms with Crippen LogP contribution in [-0.4, -0.2) is 44.1 Å². The van der Waals surface area contributed by atoms with Crippen molar-refractivity contribution in [3.05, 3.63) is 53.5 Å². The Hall–Kier alpha value is -2.55. The predicted octanol–water partition coefficient (Wildman–Crippen LogP) is 5.22. The number of ether oxygens (including phenoxy) is 1. The fourth-order valence-electron chi connectivity index (χ4n) is 3.97. The average Bonchev–Trinajstić information content (AvgIpc) is 3.32. The summed E-state index contributed by atoms with van der Waals surface area (Å²) in [5, 5.41) is 3.34. The Bertz CT molecular complexity index is 1350. The quantitative estimate of drug-likeness (QED) is 0.363. The first-order valence-corrected chi connectivity index (χ1v) is 13.1. The number of nitrogens with one attached hydrogen (secondary N) is 1. The molecular formula is C24H29N3O3S2. The minimum Gasteiger partial charge on any atom is -0.490 e. The number of sulfonamides is 1. The maximum Gasteiger partial charge on any atom is 0.263 e. The maximum absolute atomic E-state index is 13.1. The van der Waals surface area contributed by atoms with E-state index in [-0.39, 0.29) is 0 Å². The van der Waals surface area contributed by atoms with Crippen molar-refractivity contribution in [2.24, 2.45) is 7.05 Å². The van der Waals surface area contributed by atoms with E-state index >= 15 is 0 Å². The van der Waals surface area contributed by atoms with Gasteiger partial charge in [-0.2, -0.15) is 0 Å². The van der Waals surface area contributed by atoms with E-state index in [1.165, 1.54) is 11.3 Å². The molecule has 170 valence electrons. The van der Waals surface area contributed by atoms with Crippen LogP contribution in [0.5, 0.6) is 5.75 Å². The summed E-state index contributed by atoms with van der Waals surface area (Å²) < 4.78 is 38.2. The minimum absolute atomic E-state index is 0.304. The molecular weight excluding hydrogens is 442 g/mol. The molecule has 0 spiro atoms.